The molecule has 1 rings (SSSR count). The van der Waals surface area contributed by atoms with Crippen LogP contribution in [0, 0.1) is 5.92 Å². The van der Waals surface area contributed by atoms with Gasteiger partial charge in [-0.2, -0.15) is 0 Å². The van der Waals surface area contributed by atoms with Gasteiger partial charge in [-0.05, 0) is 12.8 Å². The van der Waals surface area contributed by atoms with Crippen molar-refractivity contribution in [1.82, 2.24) is 0 Å². The van der Waals surface area contributed by atoms with Crippen molar-refractivity contribution in [2.45, 2.75) is 39.5 Å². The van der Waals surface area contributed by atoms with E-state index in [1.165, 1.54) is 0 Å². The van der Waals surface area contributed by atoms with Gasteiger partial charge in [-0.3, -0.25) is 4.48 Å². The molecule has 0 aliphatic carbocycles. The van der Waals surface area contributed by atoms with Crippen LogP contribution in [0.3, 0.4) is 0 Å². The van der Waals surface area contributed by atoms with E-state index in [1.807, 2.05) is 0 Å². The minimum Gasteiger partial charge on any atom is -0.480 e. The Balaban J connectivity index is 2.82. The molecule has 132 valence electrons. The number of amidine groups is 1. The minimum absolute atomic E-state index is 0.0160. The van der Waals surface area contributed by atoms with Crippen LogP contribution < -0.4 is 0 Å². The number of aliphatic imine (C=N–C) groups is 1. The molecule has 0 bridgehead atoms. The van der Waals surface area contributed by atoms with Crippen LogP contribution in [-0.2, 0) is 14.3 Å². The Bertz CT molecular complexity index is 438. The molecule has 2 unspecified atom stereocenters. The van der Waals surface area contributed by atoms with Crippen LogP contribution in [0.4, 0.5) is 0 Å². The molecule has 0 saturated heterocycles. The standard InChI is InChI=1S/C16H28N2O5/c1-3-5-6-13(4-2)16-17-7-8-18(16,11-14(19)20)9-10-23-12-15(21)22/h13H,3-12H2,1-2H3,(H-,19,20,21,22)/p+1. The second-order valence-electron chi connectivity index (χ2n) is 6.08. The quantitative estimate of drug-likeness (QED) is 0.419. The third kappa shape index (κ3) is 5.91. The maximum absolute atomic E-state index is 11.4. The zero-order valence-corrected chi connectivity index (χ0v) is 14.2. The van der Waals surface area contributed by atoms with Gasteiger partial charge in [0.1, 0.15) is 19.7 Å². The third-order valence-corrected chi connectivity index (χ3v) is 4.38. The van der Waals surface area contributed by atoms with Crippen LogP contribution in [0.5, 0.6) is 0 Å². The summed E-state index contributed by atoms with van der Waals surface area (Å²) in [4.78, 5) is 26.5. The molecule has 7 heteroatoms. The van der Waals surface area contributed by atoms with E-state index in [-0.39, 0.29) is 25.7 Å². The van der Waals surface area contributed by atoms with Crippen LogP contribution in [0.15, 0.2) is 4.99 Å². The molecule has 0 radical (unpaired) electrons. The fourth-order valence-electron chi connectivity index (χ4n) is 3.23. The van der Waals surface area contributed by atoms with Gasteiger partial charge >= 0.3 is 11.9 Å². The molecular weight excluding hydrogens is 300 g/mol. The Morgan fingerprint density at radius 2 is 2.04 bits per heavy atom. The van der Waals surface area contributed by atoms with E-state index in [2.05, 4.69) is 18.8 Å². The molecule has 0 saturated carbocycles. The van der Waals surface area contributed by atoms with Crippen LogP contribution in [0.2, 0.25) is 0 Å². The van der Waals surface area contributed by atoms with Crippen LogP contribution in [-0.4, -0.2) is 71.9 Å². The lowest BCUT2D eigenvalue weighted by Gasteiger charge is -2.36. The largest absolute Gasteiger partial charge is 0.480 e. The van der Waals surface area contributed by atoms with E-state index in [0.717, 1.165) is 31.5 Å². The first-order chi connectivity index (χ1) is 10.9. The van der Waals surface area contributed by atoms with Crippen molar-refractivity contribution in [2.24, 2.45) is 10.9 Å². The number of rotatable bonds is 12. The van der Waals surface area contributed by atoms with Crippen molar-refractivity contribution in [1.29, 1.82) is 0 Å². The Hall–Kier alpha value is -1.47. The predicted octanol–water partition coefficient (Wildman–Crippen LogP) is 1.62. The van der Waals surface area contributed by atoms with E-state index in [4.69, 9.17) is 9.84 Å². The van der Waals surface area contributed by atoms with Gasteiger partial charge in [-0.25, -0.2) is 14.6 Å². The summed E-state index contributed by atoms with van der Waals surface area (Å²) in [7, 11) is 0. The number of hydrogen-bond donors (Lipinski definition) is 2. The molecule has 2 atom stereocenters. The summed E-state index contributed by atoms with van der Waals surface area (Å²) in [5, 5.41) is 18.0. The van der Waals surface area contributed by atoms with Crippen LogP contribution >= 0.6 is 0 Å². The molecule has 2 N–H and O–H groups in total. The first-order valence-corrected chi connectivity index (χ1v) is 8.37. The fraction of sp³-hybridized carbons (Fsp3) is 0.812. The molecule has 0 aromatic carbocycles. The predicted molar refractivity (Wildman–Crippen MR) is 86.6 cm³/mol. The summed E-state index contributed by atoms with van der Waals surface area (Å²) < 4.78 is 5.45. The van der Waals surface area contributed by atoms with Crippen LogP contribution in [0.1, 0.15) is 39.5 Å². The van der Waals surface area contributed by atoms with E-state index < -0.39 is 11.9 Å². The number of aliphatic carboxylic acids is 2. The first kappa shape index (κ1) is 19.6. The number of ether oxygens (including phenoxy) is 1. The molecule has 23 heavy (non-hydrogen) atoms. The number of nitrogens with zero attached hydrogens (tertiary/aromatic N) is 2. The number of carbonyl (C=O) groups is 2. The highest BCUT2D eigenvalue weighted by Crippen LogP contribution is 2.26. The Kier molecular flexibility index (Phi) is 8.19. The normalized spacial score (nSPS) is 21.9. The van der Waals surface area contributed by atoms with Gasteiger partial charge < -0.3 is 14.9 Å². The smallest absolute Gasteiger partial charge is 0.359 e. The average molecular weight is 329 g/mol. The molecule has 0 fully saturated rings. The zero-order valence-electron chi connectivity index (χ0n) is 14.2. The Morgan fingerprint density at radius 3 is 2.61 bits per heavy atom. The minimum atomic E-state index is -1.01. The zero-order chi connectivity index (χ0) is 17.3. The summed E-state index contributed by atoms with van der Waals surface area (Å²) in [5.74, 6) is -0.624. The average Bonchev–Trinajstić information content (AvgIpc) is 2.87. The van der Waals surface area contributed by atoms with Crippen molar-refractivity contribution < 1.29 is 29.0 Å². The second kappa shape index (κ2) is 9.62. The van der Waals surface area contributed by atoms with E-state index in [0.29, 0.717) is 24.1 Å². The highest BCUT2D eigenvalue weighted by molar-refractivity contribution is 5.82. The number of carboxylic acids is 2. The van der Waals surface area contributed by atoms with Gasteiger partial charge in [0, 0.05) is 0 Å². The molecule has 0 aromatic rings. The molecule has 0 aromatic heterocycles. The number of carboxylic acid groups (broad SMARTS) is 2. The number of hydrogen-bond acceptors (Lipinski definition) is 4. The lowest BCUT2D eigenvalue weighted by molar-refractivity contribution is -0.830. The summed E-state index contributed by atoms with van der Waals surface area (Å²) in [6.45, 7) is 5.85. The molecule has 1 heterocycles. The molecular formula is C16H29N2O5+. The summed E-state index contributed by atoms with van der Waals surface area (Å²) >= 11 is 0. The third-order valence-electron chi connectivity index (χ3n) is 4.38. The van der Waals surface area contributed by atoms with Crippen LogP contribution in [0.25, 0.3) is 0 Å². The first-order valence-electron chi connectivity index (χ1n) is 8.37. The molecule has 0 amide bonds. The van der Waals surface area contributed by atoms with Gasteiger partial charge in [0.2, 0.25) is 5.84 Å². The van der Waals surface area contributed by atoms with Gasteiger partial charge in [0.15, 0.2) is 6.54 Å². The Morgan fingerprint density at radius 1 is 1.30 bits per heavy atom. The number of quaternary nitrogens is 1. The second-order valence-corrected chi connectivity index (χ2v) is 6.08. The van der Waals surface area contributed by atoms with E-state index >= 15 is 0 Å². The molecule has 1 aliphatic heterocycles. The van der Waals surface area contributed by atoms with Gasteiger partial charge in [0.25, 0.3) is 0 Å². The van der Waals surface area contributed by atoms with Crippen molar-refractivity contribution >= 4 is 17.8 Å². The topological polar surface area (TPSA) is 96.2 Å². The maximum Gasteiger partial charge on any atom is 0.359 e. The molecule has 1 aliphatic rings. The monoisotopic (exact) mass is 329 g/mol. The van der Waals surface area contributed by atoms with Crippen molar-refractivity contribution in [3.8, 4) is 0 Å². The fourth-order valence-corrected chi connectivity index (χ4v) is 3.23. The van der Waals surface area contributed by atoms with Gasteiger partial charge in [-0.1, -0.05) is 26.7 Å². The highest BCUT2D eigenvalue weighted by Gasteiger charge is 2.43. The molecule has 7 nitrogen and oxygen atoms in total. The van der Waals surface area contributed by atoms with E-state index in [9.17, 15) is 14.7 Å². The van der Waals surface area contributed by atoms with Gasteiger partial charge in [-0.15, -0.1) is 0 Å². The van der Waals surface area contributed by atoms with E-state index in [1.54, 1.807) is 0 Å². The van der Waals surface area contributed by atoms with Crippen molar-refractivity contribution in [3.63, 3.8) is 0 Å². The summed E-state index contributed by atoms with van der Waals surface area (Å²) in [6, 6.07) is 0. The summed E-state index contributed by atoms with van der Waals surface area (Å²) in [6.07, 6.45) is 4.15. The maximum atomic E-state index is 11.4. The lowest BCUT2D eigenvalue weighted by Crippen LogP contribution is -2.57. The summed E-state index contributed by atoms with van der Waals surface area (Å²) in [5.41, 5.74) is 0. The Labute approximate surface area is 137 Å². The molecule has 0 spiro atoms. The number of unbranched alkanes of at least 4 members (excludes halogenated alkanes) is 1. The SMILES string of the molecule is CCCCC(CC)C1=NCC[N+]1(CCOCC(=O)O)CC(=O)O. The highest BCUT2D eigenvalue weighted by atomic mass is 16.5. The lowest BCUT2D eigenvalue weighted by atomic mass is 9.96. The van der Waals surface area contributed by atoms with Crippen molar-refractivity contribution in [3.05, 3.63) is 0 Å². The van der Waals surface area contributed by atoms with Crippen molar-refractivity contribution in [2.75, 3.05) is 39.4 Å². The van der Waals surface area contributed by atoms with Gasteiger partial charge in [0.05, 0.1) is 19.1 Å².